The molecule has 1 amide bonds. The summed E-state index contributed by atoms with van der Waals surface area (Å²) in [5, 5.41) is 2.65. The molecule has 28 heavy (non-hydrogen) atoms. The van der Waals surface area contributed by atoms with Gasteiger partial charge in [0.25, 0.3) is 10.2 Å². The lowest BCUT2D eigenvalue weighted by atomic mass is 9.91. The first kappa shape index (κ1) is 20.3. The van der Waals surface area contributed by atoms with Crippen LogP contribution in [-0.4, -0.2) is 55.3 Å². The first-order valence-electron chi connectivity index (χ1n) is 8.95. The summed E-state index contributed by atoms with van der Waals surface area (Å²) in [6.07, 6.45) is 3.89. The number of oxazole rings is 1. The van der Waals surface area contributed by atoms with Gasteiger partial charge in [0.2, 0.25) is 0 Å². The number of anilines is 1. The highest BCUT2D eigenvalue weighted by atomic mass is 32.2. The van der Waals surface area contributed by atoms with Crippen molar-refractivity contribution in [2.75, 3.05) is 32.5 Å². The molecule has 1 fully saturated rings. The van der Waals surface area contributed by atoms with Gasteiger partial charge in [-0.05, 0) is 36.5 Å². The molecule has 0 radical (unpaired) electrons. The lowest BCUT2D eigenvalue weighted by Gasteiger charge is -2.33. The van der Waals surface area contributed by atoms with Gasteiger partial charge in [-0.15, -0.1) is 0 Å². The molecule has 1 unspecified atom stereocenters. The van der Waals surface area contributed by atoms with E-state index in [0.717, 1.165) is 18.4 Å². The van der Waals surface area contributed by atoms with E-state index in [-0.39, 0.29) is 12.5 Å². The Balaban J connectivity index is 1.57. The quantitative estimate of drug-likeness (QED) is 0.787. The first-order valence-corrected chi connectivity index (χ1v) is 10.3. The van der Waals surface area contributed by atoms with Gasteiger partial charge in [0.15, 0.2) is 18.8 Å². The Kier molecular flexibility index (Phi) is 6.32. The molecule has 2 aromatic rings. The van der Waals surface area contributed by atoms with E-state index in [9.17, 15) is 13.2 Å². The summed E-state index contributed by atoms with van der Waals surface area (Å²) in [5.41, 5.74) is 1.64. The van der Waals surface area contributed by atoms with E-state index in [1.54, 1.807) is 26.2 Å². The average molecular weight is 408 g/mol. The van der Waals surface area contributed by atoms with E-state index >= 15 is 0 Å². The molecule has 2 heterocycles. The number of hydrogen-bond donors (Lipinski definition) is 1. The number of rotatable bonds is 6. The molecule has 0 saturated carbocycles. The third kappa shape index (κ3) is 4.89. The third-order valence-corrected chi connectivity index (χ3v) is 6.54. The Morgan fingerprint density at radius 1 is 1.36 bits per heavy atom. The maximum absolute atomic E-state index is 12.4. The van der Waals surface area contributed by atoms with Gasteiger partial charge >= 0.3 is 6.09 Å². The topological polar surface area (TPSA) is 105 Å². The number of nitrogens with one attached hydrogen (secondary N) is 1. The number of carbonyl (C=O) groups is 1. The van der Waals surface area contributed by atoms with E-state index in [4.69, 9.17) is 9.15 Å². The second-order valence-electron chi connectivity index (χ2n) is 6.78. The molecule has 1 atom stereocenters. The minimum atomic E-state index is -3.41. The third-order valence-electron chi connectivity index (χ3n) is 4.63. The van der Waals surface area contributed by atoms with Crippen LogP contribution in [0.2, 0.25) is 0 Å². The Morgan fingerprint density at radius 3 is 2.75 bits per heavy atom. The summed E-state index contributed by atoms with van der Waals surface area (Å²) < 4.78 is 37.5. The number of piperidine rings is 1. The maximum Gasteiger partial charge on any atom is 0.412 e. The molecule has 10 heteroatoms. The van der Waals surface area contributed by atoms with Crippen LogP contribution < -0.4 is 5.32 Å². The van der Waals surface area contributed by atoms with Gasteiger partial charge < -0.3 is 9.15 Å². The van der Waals surface area contributed by atoms with Gasteiger partial charge in [-0.2, -0.15) is 17.0 Å². The normalized spacial score (nSPS) is 18.2. The fraction of sp³-hybridized carbons (Fsp3) is 0.444. The van der Waals surface area contributed by atoms with Gasteiger partial charge in [-0.3, -0.25) is 5.32 Å². The van der Waals surface area contributed by atoms with E-state index in [1.807, 2.05) is 12.1 Å². The lowest BCUT2D eigenvalue weighted by molar-refractivity contribution is 0.146. The van der Waals surface area contributed by atoms with Gasteiger partial charge in [0.05, 0.1) is 6.20 Å². The molecule has 1 aromatic carbocycles. The highest BCUT2D eigenvalue weighted by Crippen LogP contribution is 2.29. The molecule has 1 aliphatic heterocycles. The Labute approximate surface area is 164 Å². The second kappa shape index (κ2) is 8.72. The smallest absolute Gasteiger partial charge is 0.412 e. The van der Waals surface area contributed by atoms with Crippen LogP contribution in [0.1, 0.15) is 30.1 Å². The summed E-state index contributed by atoms with van der Waals surface area (Å²) in [6.45, 7) is 0.988. The Hall–Kier alpha value is -2.43. The lowest BCUT2D eigenvalue weighted by Crippen LogP contribution is -2.44. The molecule has 1 saturated heterocycles. The number of amides is 1. The van der Waals surface area contributed by atoms with Crippen molar-refractivity contribution in [3.05, 3.63) is 48.2 Å². The predicted octanol–water partition coefficient (Wildman–Crippen LogP) is 2.41. The van der Waals surface area contributed by atoms with Gasteiger partial charge in [0, 0.05) is 32.9 Å². The van der Waals surface area contributed by atoms with E-state index in [1.165, 1.54) is 21.2 Å². The molecule has 0 spiro atoms. The van der Waals surface area contributed by atoms with Gasteiger partial charge in [-0.25, -0.2) is 9.78 Å². The van der Waals surface area contributed by atoms with Crippen LogP contribution in [0.3, 0.4) is 0 Å². The largest absolute Gasteiger partial charge is 0.445 e. The van der Waals surface area contributed by atoms with Crippen LogP contribution in [0, 0.1) is 0 Å². The van der Waals surface area contributed by atoms with Crippen LogP contribution >= 0.6 is 0 Å². The predicted molar refractivity (Wildman–Crippen MR) is 103 cm³/mol. The number of hydrogen-bond acceptors (Lipinski definition) is 6. The van der Waals surface area contributed by atoms with E-state index < -0.39 is 16.3 Å². The molecule has 3 rings (SSSR count). The van der Waals surface area contributed by atoms with Crippen LogP contribution in [0.5, 0.6) is 0 Å². The summed E-state index contributed by atoms with van der Waals surface area (Å²) in [6, 6.07) is 7.37. The van der Waals surface area contributed by atoms with Crippen molar-refractivity contribution < 1.29 is 22.4 Å². The van der Waals surface area contributed by atoms with Crippen molar-refractivity contribution in [3.63, 3.8) is 0 Å². The minimum absolute atomic E-state index is 0.00216. The molecular formula is C18H24N4O5S. The highest BCUT2D eigenvalue weighted by Gasteiger charge is 2.30. The summed E-state index contributed by atoms with van der Waals surface area (Å²) in [5.74, 6) is 0.580. The van der Waals surface area contributed by atoms with Crippen LogP contribution in [0.25, 0.3) is 0 Å². The molecule has 152 valence electrons. The highest BCUT2D eigenvalue weighted by molar-refractivity contribution is 7.86. The number of carbonyl (C=O) groups excluding carboxylic acids is 1. The van der Waals surface area contributed by atoms with E-state index in [2.05, 4.69) is 10.3 Å². The van der Waals surface area contributed by atoms with Crippen LogP contribution in [0.4, 0.5) is 10.5 Å². The minimum Gasteiger partial charge on any atom is -0.445 e. The molecule has 9 nitrogen and oxygen atoms in total. The summed E-state index contributed by atoms with van der Waals surface area (Å²) in [7, 11) is -0.324. The zero-order valence-electron chi connectivity index (χ0n) is 15.9. The fourth-order valence-corrected chi connectivity index (χ4v) is 4.29. The summed E-state index contributed by atoms with van der Waals surface area (Å²) in [4.78, 5) is 15.6. The van der Waals surface area contributed by atoms with Crippen molar-refractivity contribution in [1.29, 1.82) is 0 Å². The van der Waals surface area contributed by atoms with Crippen molar-refractivity contribution >= 4 is 22.0 Å². The number of nitrogens with zero attached hydrogens (tertiary/aromatic N) is 3. The summed E-state index contributed by atoms with van der Waals surface area (Å²) >= 11 is 0. The zero-order chi connectivity index (χ0) is 20.1. The van der Waals surface area contributed by atoms with Crippen LogP contribution in [-0.2, 0) is 21.6 Å². The number of benzene rings is 1. The molecule has 1 aromatic heterocycles. The molecule has 1 aliphatic rings. The average Bonchev–Trinajstić information content (AvgIpc) is 3.20. The monoisotopic (exact) mass is 408 g/mol. The number of aromatic nitrogens is 1. The molecule has 0 bridgehead atoms. The standard InChI is InChI=1S/C18H24N4O5S/c1-21(2)28(24,25)22-9-3-4-15(11-22)14-5-7-16(8-6-14)20-18(23)26-12-17-10-19-13-27-17/h5-8,10,13,15H,3-4,9,11-12H2,1-2H3,(H,20,23). The number of ether oxygens (including phenoxy) is 1. The fourth-order valence-electron chi connectivity index (χ4n) is 3.10. The Morgan fingerprint density at radius 2 is 2.11 bits per heavy atom. The van der Waals surface area contributed by atoms with Gasteiger partial charge in [-0.1, -0.05) is 12.1 Å². The zero-order valence-corrected chi connectivity index (χ0v) is 16.7. The van der Waals surface area contributed by atoms with E-state index in [0.29, 0.717) is 24.5 Å². The maximum atomic E-state index is 12.4. The van der Waals surface area contributed by atoms with Crippen molar-refractivity contribution in [1.82, 2.24) is 13.6 Å². The van der Waals surface area contributed by atoms with Crippen molar-refractivity contribution in [3.8, 4) is 0 Å². The SMILES string of the molecule is CN(C)S(=O)(=O)N1CCCC(c2ccc(NC(=O)OCc3cnco3)cc2)C1. The first-order chi connectivity index (χ1) is 13.4. The molecule has 0 aliphatic carbocycles. The van der Waals surface area contributed by atoms with Crippen molar-refractivity contribution in [2.24, 2.45) is 0 Å². The Bertz CT molecular complexity index is 881. The molecule has 1 N–H and O–H groups in total. The second-order valence-corrected chi connectivity index (χ2v) is 8.92. The van der Waals surface area contributed by atoms with Crippen LogP contribution in [0.15, 0.2) is 41.3 Å². The molecular weight excluding hydrogens is 384 g/mol. The van der Waals surface area contributed by atoms with Gasteiger partial charge in [0.1, 0.15) is 0 Å². The van der Waals surface area contributed by atoms with Crippen molar-refractivity contribution in [2.45, 2.75) is 25.4 Å².